The summed E-state index contributed by atoms with van der Waals surface area (Å²) < 4.78 is 16.8. The molecule has 5 heteroatoms. The van der Waals surface area contributed by atoms with Gasteiger partial charge in [0.05, 0.1) is 13.2 Å². The minimum absolute atomic E-state index is 0.00655. The molecule has 1 aliphatic rings. The minimum atomic E-state index is -0.570. The van der Waals surface area contributed by atoms with Crippen LogP contribution in [0.4, 0.5) is 0 Å². The van der Waals surface area contributed by atoms with Crippen LogP contribution in [0, 0.1) is 0 Å². The first-order chi connectivity index (χ1) is 13.7. The van der Waals surface area contributed by atoms with E-state index in [0.717, 1.165) is 16.7 Å². The number of allylic oxidation sites excluding steroid dienone is 1. The van der Waals surface area contributed by atoms with E-state index < -0.39 is 12.3 Å². The van der Waals surface area contributed by atoms with Gasteiger partial charge in [-0.15, -0.1) is 0 Å². The van der Waals surface area contributed by atoms with E-state index in [9.17, 15) is 4.79 Å². The average molecular weight is 380 g/mol. The Hall–Kier alpha value is -2.89. The molecule has 146 valence electrons. The Morgan fingerprint density at radius 1 is 1.14 bits per heavy atom. The number of hydrogen-bond donors (Lipinski definition) is 1. The summed E-state index contributed by atoms with van der Waals surface area (Å²) in [5.41, 5.74) is 2.89. The van der Waals surface area contributed by atoms with Crippen LogP contribution in [-0.2, 0) is 32.2 Å². The Morgan fingerprint density at radius 2 is 1.86 bits per heavy atom. The molecule has 2 aromatic carbocycles. The lowest BCUT2D eigenvalue weighted by Gasteiger charge is -2.29. The fourth-order valence-corrected chi connectivity index (χ4v) is 2.97. The normalized spacial score (nSPS) is 18.7. The molecular weight excluding hydrogens is 356 g/mol. The van der Waals surface area contributed by atoms with Crippen molar-refractivity contribution in [2.75, 3.05) is 6.61 Å². The first-order valence-electron chi connectivity index (χ1n) is 9.21. The van der Waals surface area contributed by atoms with Crippen molar-refractivity contribution in [2.45, 2.75) is 31.8 Å². The molecule has 2 aromatic rings. The molecule has 0 unspecified atom stereocenters. The topological polar surface area (TPSA) is 65.0 Å². The second-order valence-corrected chi connectivity index (χ2v) is 6.50. The van der Waals surface area contributed by atoms with Gasteiger partial charge in [0.15, 0.2) is 0 Å². The van der Waals surface area contributed by atoms with Crippen molar-refractivity contribution in [2.24, 2.45) is 0 Å². The number of hydrogen-bond acceptors (Lipinski definition) is 5. The fourth-order valence-electron chi connectivity index (χ4n) is 2.97. The molecule has 0 radical (unpaired) electrons. The summed E-state index contributed by atoms with van der Waals surface area (Å²) in [7, 11) is 0. The predicted molar refractivity (Wildman–Crippen MR) is 105 cm³/mol. The van der Waals surface area contributed by atoms with E-state index in [1.165, 1.54) is 6.08 Å². The van der Waals surface area contributed by atoms with Crippen molar-refractivity contribution in [3.05, 3.63) is 95.8 Å². The van der Waals surface area contributed by atoms with E-state index in [4.69, 9.17) is 19.3 Å². The van der Waals surface area contributed by atoms with Crippen molar-refractivity contribution >= 4 is 5.97 Å². The third-order valence-corrected chi connectivity index (χ3v) is 4.46. The molecule has 0 aromatic heterocycles. The van der Waals surface area contributed by atoms with Gasteiger partial charge < -0.3 is 19.3 Å². The van der Waals surface area contributed by atoms with Crippen molar-refractivity contribution < 1.29 is 24.1 Å². The maximum absolute atomic E-state index is 12.3. The molecule has 1 heterocycles. The average Bonchev–Trinajstić information content (AvgIpc) is 2.76. The number of esters is 1. The van der Waals surface area contributed by atoms with Gasteiger partial charge in [0.25, 0.3) is 0 Å². The number of carbonyl (C=O) groups excluding carboxylic acids is 1. The lowest BCUT2D eigenvalue weighted by molar-refractivity contribution is -0.163. The van der Waals surface area contributed by atoms with Gasteiger partial charge in [0.1, 0.15) is 6.61 Å². The van der Waals surface area contributed by atoms with E-state index in [-0.39, 0.29) is 24.9 Å². The Kier molecular flexibility index (Phi) is 7.00. The third-order valence-electron chi connectivity index (χ3n) is 4.46. The zero-order chi connectivity index (χ0) is 19.8. The van der Waals surface area contributed by atoms with Gasteiger partial charge in [0, 0.05) is 12.3 Å². The highest BCUT2D eigenvalue weighted by molar-refractivity contribution is 5.86. The van der Waals surface area contributed by atoms with Crippen LogP contribution < -0.4 is 0 Å². The maximum atomic E-state index is 12.3. The molecule has 28 heavy (non-hydrogen) atoms. The van der Waals surface area contributed by atoms with Gasteiger partial charge in [-0.05, 0) is 22.8 Å². The zero-order valence-corrected chi connectivity index (χ0v) is 15.6. The number of rotatable bonds is 8. The van der Waals surface area contributed by atoms with Gasteiger partial charge >= 0.3 is 5.97 Å². The van der Waals surface area contributed by atoms with Crippen LogP contribution in [-0.4, -0.2) is 24.0 Å². The fraction of sp³-hybridized carbons (Fsp3) is 0.261. The number of aliphatic hydroxyl groups excluding tert-OH is 1. The van der Waals surface area contributed by atoms with Crippen LogP contribution in [0.2, 0.25) is 0 Å². The summed E-state index contributed by atoms with van der Waals surface area (Å²) in [5.74, 6) is -0.382. The van der Waals surface area contributed by atoms with Crippen LogP contribution in [0.15, 0.2) is 79.1 Å². The number of ether oxygens (including phenoxy) is 3. The molecule has 3 rings (SSSR count). The van der Waals surface area contributed by atoms with E-state index in [2.05, 4.69) is 6.58 Å². The van der Waals surface area contributed by atoms with Crippen LogP contribution in [0.3, 0.4) is 0 Å². The monoisotopic (exact) mass is 380 g/mol. The van der Waals surface area contributed by atoms with Gasteiger partial charge in [-0.3, -0.25) is 0 Å². The molecule has 5 nitrogen and oxygen atoms in total. The van der Waals surface area contributed by atoms with E-state index in [0.29, 0.717) is 13.0 Å². The number of aliphatic hydroxyl groups is 1. The minimum Gasteiger partial charge on any atom is -0.458 e. The third kappa shape index (κ3) is 5.31. The van der Waals surface area contributed by atoms with Gasteiger partial charge in [-0.25, -0.2) is 4.79 Å². The second kappa shape index (κ2) is 9.88. The van der Waals surface area contributed by atoms with E-state index in [1.807, 2.05) is 54.6 Å². The molecule has 1 aliphatic heterocycles. The molecule has 0 fully saturated rings. The lowest BCUT2D eigenvalue weighted by atomic mass is 9.93. The van der Waals surface area contributed by atoms with Crippen molar-refractivity contribution in [1.29, 1.82) is 0 Å². The standard InChI is InChI=1S/C23H24O5/c1-2-12-26-23(25)21-13-20(19-6-4-3-5-7-19)14-22(28-21)27-16-18-10-8-17(15-24)9-11-18/h2-11,13,20,22,24H,1,12,14-16H2/t20-,22+/m1/s1. The Balaban J connectivity index is 1.71. The first kappa shape index (κ1) is 19.9. The maximum Gasteiger partial charge on any atom is 0.373 e. The summed E-state index contributed by atoms with van der Waals surface area (Å²) in [6.45, 7) is 4.02. The quantitative estimate of drug-likeness (QED) is 0.557. The highest BCUT2D eigenvalue weighted by atomic mass is 16.7. The summed E-state index contributed by atoms with van der Waals surface area (Å²) >= 11 is 0. The molecular formula is C23H24O5. The SMILES string of the molecule is C=CCOC(=O)C1=C[C@@H](c2ccccc2)C[C@@H](OCc2ccc(CO)cc2)O1. The summed E-state index contributed by atoms with van der Waals surface area (Å²) in [5, 5.41) is 9.13. The van der Waals surface area contributed by atoms with E-state index >= 15 is 0 Å². The van der Waals surface area contributed by atoms with E-state index in [1.54, 1.807) is 6.08 Å². The van der Waals surface area contributed by atoms with Crippen LogP contribution >= 0.6 is 0 Å². The van der Waals surface area contributed by atoms with Gasteiger partial charge in [-0.2, -0.15) is 0 Å². The smallest absolute Gasteiger partial charge is 0.373 e. The zero-order valence-electron chi connectivity index (χ0n) is 15.6. The summed E-state index contributed by atoms with van der Waals surface area (Å²) in [6, 6.07) is 17.4. The first-order valence-corrected chi connectivity index (χ1v) is 9.21. The molecule has 0 amide bonds. The van der Waals surface area contributed by atoms with Gasteiger partial charge in [0.2, 0.25) is 12.0 Å². The molecule has 0 saturated carbocycles. The lowest BCUT2D eigenvalue weighted by Crippen LogP contribution is -2.27. The summed E-state index contributed by atoms with van der Waals surface area (Å²) in [6.07, 6.45) is 3.33. The molecule has 0 saturated heterocycles. The largest absolute Gasteiger partial charge is 0.458 e. The Morgan fingerprint density at radius 3 is 2.54 bits per heavy atom. The molecule has 0 bridgehead atoms. The Bertz CT molecular complexity index is 811. The van der Waals surface area contributed by atoms with Gasteiger partial charge in [-0.1, -0.05) is 67.3 Å². The van der Waals surface area contributed by atoms with Crippen molar-refractivity contribution in [1.82, 2.24) is 0 Å². The molecule has 0 spiro atoms. The Labute approximate surface area is 164 Å². The second-order valence-electron chi connectivity index (χ2n) is 6.50. The molecule has 1 N–H and O–H groups in total. The van der Waals surface area contributed by atoms with Crippen LogP contribution in [0.5, 0.6) is 0 Å². The number of carbonyl (C=O) groups is 1. The highest BCUT2D eigenvalue weighted by Gasteiger charge is 2.29. The summed E-state index contributed by atoms with van der Waals surface area (Å²) in [4.78, 5) is 12.3. The van der Waals surface area contributed by atoms with Crippen LogP contribution in [0.25, 0.3) is 0 Å². The molecule has 2 atom stereocenters. The highest BCUT2D eigenvalue weighted by Crippen LogP contribution is 2.32. The predicted octanol–water partition coefficient (Wildman–Crippen LogP) is 3.84. The van der Waals surface area contributed by atoms with Crippen molar-refractivity contribution in [3.8, 4) is 0 Å². The number of benzene rings is 2. The van der Waals surface area contributed by atoms with Crippen LogP contribution in [0.1, 0.15) is 29.0 Å². The molecule has 0 aliphatic carbocycles. The van der Waals surface area contributed by atoms with Crippen molar-refractivity contribution in [3.63, 3.8) is 0 Å².